The maximum atomic E-state index is 11.8. The number of hydrogen-bond donors (Lipinski definition) is 2. The van der Waals surface area contributed by atoms with Gasteiger partial charge in [-0.1, -0.05) is 0 Å². The Morgan fingerprint density at radius 3 is 2.90 bits per heavy atom. The van der Waals surface area contributed by atoms with E-state index in [1.54, 1.807) is 39.1 Å². The molecule has 0 aliphatic rings. The molecule has 2 rings (SSSR count). The minimum atomic E-state index is -0.574. The highest BCUT2D eigenvalue weighted by Gasteiger charge is 2.16. The highest BCUT2D eigenvalue weighted by Crippen LogP contribution is 2.07. The Kier molecular flexibility index (Phi) is 3.69. The van der Waals surface area contributed by atoms with Gasteiger partial charge >= 0.3 is 6.09 Å². The van der Waals surface area contributed by atoms with E-state index >= 15 is 0 Å². The largest absolute Gasteiger partial charge is 0.444 e. The number of rotatable bonds is 2. The molecule has 7 nitrogen and oxygen atoms in total. The first kappa shape index (κ1) is 14.0. The fraction of sp³-hybridized carbons (Fsp3) is 0.385. The van der Waals surface area contributed by atoms with Crippen LogP contribution in [0, 0.1) is 0 Å². The summed E-state index contributed by atoms with van der Waals surface area (Å²) in [4.78, 5) is 34.1. The van der Waals surface area contributed by atoms with Gasteiger partial charge in [0.2, 0.25) is 0 Å². The summed E-state index contributed by atoms with van der Waals surface area (Å²) in [5.74, 6) is 0.326. The molecule has 0 saturated heterocycles. The molecule has 0 atom stereocenters. The molecule has 106 valence electrons. The van der Waals surface area contributed by atoms with Gasteiger partial charge in [0.15, 0.2) is 5.65 Å². The Hall–Kier alpha value is -2.44. The molecule has 0 saturated carbocycles. The molecule has 0 spiro atoms. The van der Waals surface area contributed by atoms with E-state index < -0.39 is 11.7 Å². The van der Waals surface area contributed by atoms with Crippen molar-refractivity contribution in [2.45, 2.75) is 32.9 Å². The predicted molar refractivity (Wildman–Crippen MR) is 73.2 cm³/mol. The van der Waals surface area contributed by atoms with Gasteiger partial charge in [-0.05, 0) is 32.9 Å². The van der Waals surface area contributed by atoms with E-state index in [4.69, 9.17) is 4.74 Å². The molecule has 1 amide bonds. The fourth-order valence-corrected chi connectivity index (χ4v) is 1.57. The maximum absolute atomic E-state index is 11.8. The number of H-pyrrole nitrogens is 1. The van der Waals surface area contributed by atoms with E-state index in [1.807, 2.05) is 0 Å². The van der Waals surface area contributed by atoms with Crippen LogP contribution < -0.4 is 10.9 Å². The number of alkyl carbamates (subject to hydrolysis) is 1. The lowest BCUT2D eigenvalue weighted by atomic mass is 10.2. The van der Waals surface area contributed by atoms with E-state index in [0.29, 0.717) is 16.9 Å². The minimum absolute atomic E-state index is 0.0661. The van der Waals surface area contributed by atoms with Crippen LogP contribution >= 0.6 is 0 Å². The molecular formula is C13H16N4O3. The van der Waals surface area contributed by atoms with Gasteiger partial charge in [0.25, 0.3) is 5.56 Å². The Balaban J connectivity index is 2.11. The molecule has 0 unspecified atom stereocenters. The molecular weight excluding hydrogens is 260 g/mol. The van der Waals surface area contributed by atoms with Crippen molar-refractivity contribution >= 4 is 17.1 Å². The minimum Gasteiger partial charge on any atom is -0.444 e. The lowest BCUT2D eigenvalue weighted by Gasteiger charge is -2.19. The van der Waals surface area contributed by atoms with Gasteiger partial charge in [-0.25, -0.2) is 14.8 Å². The highest BCUT2D eigenvalue weighted by molar-refractivity contribution is 5.72. The normalized spacial score (nSPS) is 11.3. The Morgan fingerprint density at radius 1 is 1.45 bits per heavy atom. The van der Waals surface area contributed by atoms with Gasteiger partial charge in [0.1, 0.15) is 11.4 Å². The van der Waals surface area contributed by atoms with Gasteiger partial charge in [-0.3, -0.25) is 4.79 Å². The second-order valence-corrected chi connectivity index (χ2v) is 5.24. The predicted octanol–water partition coefficient (Wildman–Crippen LogP) is 1.34. The molecule has 2 heterocycles. The zero-order valence-electron chi connectivity index (χ0n) is 11.6. The average molecular weight is 276 g/mol. The van der Waals surface area contributed by atoms with Gasteiger partial charge in [0, 0.05) is 6.20 Å². The van der Waals surface area contributed by atoms with Crippen LogP contribution in [0.1, 0.15) is 26.6 Å². The van der Waals surface area contributed by atoms with Crippen molar-refractivity contribution in [1.82, 2.24) is 20.3 Å². The van der Waals surface area contributed by atoms with Crippen LogP contribution in [-0.4, -0.2) is 26.6 Å². The quantitative estimate of drug-likeness (QED) is 0.862. The van der Waals surface area contributed by atoms with E-state index in [1.165, 1.54) is 0 Å². The number of pyridine rings is 1. The third-order valence-electron chi connectivity index (χ3n) is 2.33. The SMILES string of the molecule is CC(C)(C)OC(=O)NCc1nc2ncccc2c(=O)[nH]1. The molecule has 2 aromatic heterocycles. The first-order chi connectivity index (χ1) is 9.35. The smallest absolute Gasteiger partial charge is 0.408 e. The van der Waals surface area contributed by atoms with Crippen molar-refractivity contribution in [3.8, 4) is 0 Å². The average Bonchev–Trinajstić information content (AvgIpc) is 2.34. The van der Waals surface area contributed by atoms with Crippen molar-refractivity contribution in [1.29, 1.82) is 0 Å². The fourth-order valence-electron chi connectivity index (χ4n) is 1.57. The van der Waals surface area contributed by atoms with Crippen LogP contribution in [0.25, 0.3) is 11.0 Å². The number of hydrogen-bond acceptors (Lipinski definition) is 5. The summed E-state index contributed by atoms with van der Waals surface area (Å²) in [5, 5.41) is 2.94. The molecule has 0 aromatic carbocycles. The first-order valence-electron chi connectivity index (χ1n) is 6.16. The van der Waals surface area contributed by atoms with Crippen molar-refractivity contribution < 1.29 is 9.53 Å². The highest BCUT2D eigenvalue weighted by atomic mass is 16.6. The molecule has 20 heavy (non-hydrogen) atoms. The number of nitrogens with zero attached hydrogens (tertiary/aromatic N) is 2. The number of fused-ring (bicyclic) bond motifs is 1. The topological polar surface area (TPSA) is 97.0 Å². The summed E-state index contributed by atoms with van der Waals surface area (Å²) in [6.07, 6.45) is 0.987. The number of carbonyl (C=O) groups is 1. The van der Waals surface area contributed by atoms with Crippen LogP contribution in [-0.2, 0) is 11.3 Å². The molecule has 0 fully saturated rings. The van der Waals surface area contributed by atoms with E-state index in [2.05, 4.69) is 20.3 Å². The van der Waals surface area contributed by atoms with Gasteiger partial charge in [-0.2, -0.15) is 0 Å². The molecule has 0 bridgehead atoms. The molecule has 7 heteroatoms. The zero-order chi connectivity index (χ0) is 14.8. The lowest BCUT2D eigenvalue weighted by Crippen LogP contribution is -2.33. The number of amides is 1. The number of nitrogens with one attached hydrogen (secondary N) is 2. The number of aromatic amines is 1. The lowest BCUT2D eigenvalue weighted by molar-refractivity contribution is 0.0522. The summed E-state index contributed by atoms with van der Waals surface area (Å²) in [5.41, 5.74) is -0.517. The van der Waals surface area contributed by atoms with Crippen LogP contribution in [0.4, 0.5) is 4.79 Å². The molecule has 0 radical (unpaired) electrons. The van der Waals surface area contributed by atoms with Crippen LogP contribution in [0.5, 0.6) is 0 Å². The number of ether oxygens (including phenoxy) is 1. The maximum Gasteiger partial charge on any atom is 0.408 e. The van der Waals surface area contributed by atoms with Crippen molar-refractivity contribution in [2.24, 2.45) is 0 Å². The summed E-state index contributed by atoms with van der Waals surface area (Å²) in [6.45, 7) is 5.38. The van der Waals surface area contributed by atoms with E-state index in [9.17, 15) is 9.59 Å². The van der Waals surface area contributed by atoms with Crippen LogP contribution in [0.3, 0.4) is 0 Å². The molecule has 0 aliphatic heterocycles. The Morgan fingerprint density at radius 2 is 2.20 bits per heavy atom. The molecule has 2 N–H and O–H groups in total. The van der Waals surface area contributed by atoms with Gasteiger partial charge < -0.3 is 15.0 Å². The second kappa shape index (κ2) is 5.28. The standard InChI is InChI=1S/C13H16N4O3/c1-13(2,3)20-12(19)15-7-9-16-10-8(11(18)17-9)5-4-6-14-10/h4-6H,7H2,1-3H3,(H,15,19)(H,14,16,17,18). The monoisotopic (exact) mass is 276 g/mol. The third kappa shape index (κ3) is 3.53. The first-order valence-corrected chi connectivity index (χ1v) is 6.16. The Bertz CT molecular complexity index is 688. The summed E-state index contributed by atoms with van der Waals surface area (Å²) >= 11 is 0. The van der Waals surface area contributed by atoms with Crippen LogP contribution in [0.2, 0.25) is 0 Å². The molecule has 0 aliphatic carbocycles. The van der Waals surface area contributed by atoms with Gasteiger partial charge in [0.05, 0.1) is 11.9 Å². The van der Waals surface area contributed by atoms with Crippen molar-refractivity contribution in [2.75, 3.05) is 0 Å². The summed E-state index contributed by atoms with van der Waals surface area (Å²) in [6, 6.07) is 3.30. The van der Waals surface area contributed by atoms with Crippen molar-refractivity contribution in [3.63, 3.8) is 0 Å². The van der Waals surface area contributed by atoms with Crippen molar-refractivity contribution in [3.05, 3.63) is 34.5 Å². The number of aromatic nitrogens is 3. The zero-order valence-corrected chi connectivity index (χ0v) is 11.6. The van der Waals surface area contributed by atoms with E-state index in [0.717, 1.165) is 0 Å². The Labute approximate surface area is 115 Å². The molecule has 2 aromatic rings. The van der Waals surface area contributed by atoms with E-state index in [-0.39, 0.29) is 12.1 Å². The number of carbonyl (C=O) groups excluding carboxylic acids is 1. The third-order valence-corrected chi connectivity index (χ3v) is 2.33. The van der Waals surface area contributed by atoms with Gasteiger partial charge in [-0.15, -0.1) is 0 Å². The summed E-state index contributed by atoms with van der Waals surface area (Å²) < 4.78 is 5.09. The summed E-state index contributed by atoms with van der Waals surface area (Å²) in [7, 11) is 0. The van der Waals surface area contributed by atoms with Crippen LogP contribution in [0.15, 0.2) is 23.1 Å². The second-order valence-electron chi connectivity index (χ2n) is 5.24.